The van der Waals surface area contributed by atoms with Crippen LogP contribution in [0.15, 0.2) is 18.2 Å². The summed E-state index contributed by atoms with van der Waals surface area (Å²) in [5, 5.41) is 0. The second-order valence-corrected chi connectivity index (χ2v) is 5.32. The molecule has 1 aromatic carbocycles. The van der Waals surface area contributed by atoms with Gasteiger partial charge in [-0.05, 0) is 18.9 Å². The Labute approximate surface area is 114 Å². The molecule has 1 aromatic rings. The van der Waals surface area contributed by atoms with Crippen molar-refractivity contribution in [3.63, 3.8) is 0 Å². The molecule has 1 heterocycles. The lowest BCUT2D eigenvalue weighted by Crippen LogP contribution is -2.39. The summed E-state index contributed by atoms with van der Waals surface area (Å²) < 4.78 is 11.1. The second-order valence-electron chi connectivity index (χ2n) is 5.32. The number of carbonyl (C=O) groups is 1. The quantitative estimate of drug-likeness (QED) is 0.841. The zero-order valence-corrected chi connectivity index (χ0v) is 12.0. The maximum Gasteiger partial charge on any atom is 0.263 e. The average Bonchev–Trinajstić information content (AvgIpc) is 2.48. The minimum Gasteiger partial charge on any atom is -0.493 e. The third kappa shape index (κ3) is 2.83. The average molecular weight is 263 g/mol. The van der Waals surface area contributed by atoms with Crippen LogP contribution in [0.25, 0.3) is 0 Å². The van der Waals surface area contributed by atoms with Gasteiger partial charge in [0.2, 0.25) is 0 Å². The Morgan fingerprint density at radius 3 is 2.84 bits per heavy atom. The van der Waals surface area contributed by atoms with E-state index in [-0.39, 0.29) is 5.91 Å². The van der Waals surface area contributed by atoms with Crippen LogP contribution in [0.5, 0.6) is 11.5 Å². The van der Waals surface area contributed by atoms with Crippen molar-refractivity contribution in [2.45, 2.75) is 33.4 Å². The molecule has 1 aliphatic rings. The van der Waals surface area contributed by atoms with Gasteiger partial charge in [0.05, 0.1) is 7.11 Å². The highest BCUT2D eigenvalue weighted by molar-refractivity contribution is 5.82. The molecule has 0 fully saturated rings. The molecule has 0 unspecified atom stereocenters. The molecule has 4 heteroatoms. The van der Waals surface area contributed by atoms with Gasteiger partial charge in [-0.15, -0.1) is 0 Å². The molecule has 0 aromatic heterocycles. The normalized spacial score (nSPS) is 18.9. The zero-order chi connectivity index (χ0) is 14.0. The molecule has 1 atom stereocenters. The number of amides is 1. The number of hydrogen-bond donors (Lipinski definition) is 0. The predicted molar refractivity (Wildman–Crippen MR) is 73.3 cm³/mol. The summed E-state index contributed by atoms with van der Waals surface area (Å²) in [6.45, 7) is 7.32. The van der Waals surface area contributed by atoms with E-state index in [1.807, 2.05) is 23.1 Å². The SMILES string of the molecule is COc1cccc2c1O[C@H](C)C(=O)N(CC(C)C)C2. The Bertz CT molecular complexity index is 470. The third-order valence-corrected chi connectivity index (χ3v) is 3.18. The number of methoxy groups -OCH3 is 1. The van der Waals surface area contributed by atoms with E-state index in [4.69, 9.17) is 9.47 Å². The van der Waals surface area contributed by atoms with Gasteiger partial charge in [-0.3, -0.25) is 4.79 Å². The van der Waals surface area contributed by atoms with Crippen LogP contribution >= 0.6 is 0 Å². The fraction of sp³-hybridized carbons (Fsp3) is 0.533. The van der Waals surface area contributed by atoms with Crippen molar-refractivity contribution in [3.05, 3.63) is 23.8 Å². The van der Waals surface area contributed by atoms with Crippen molar-refractivity contribution in [2.24, 2.45) is 5.92 Å². The number of para-hydroxylation sites is 1. The first-order valence-corrected chi connectivity index (χ1v) is 6.64. The summed E-state index contributed by atoms with van der Waals surface area (Å²) in [6, 6.07) is 5.76. The summed E-state index contributed by atoms with van der Waals surface area (Å²) >= 11 is 0. The number of fused-ring (bicyclic) bond motifs is 1. The molecule has 1 aliphatic heterocycles. The fourth-order valence-electron chi connectivity index (χ4n) is 2.34. The van der Waals surface area contributed by atoms with E-state index in [0.29, 0.717) is 24.0 Å². The summed E-state index contributed by atoms with van der Waals surface area (Å²) in [7, 11) is 1.61. The molecule has 0 aliphatic carbocycles. The van der Waals surface area contributed by atoms with Crippen LogP contribution in [-0.4, -0.2) is 30.6 Å². The van der Waals surface area contributed by atoms with Crippen molar-refractivity contribution < 1.29 is 14.3 Å². The van der Waals surface area contributed by atoms with Gasteiger partial charge < -0.3 is 14.4 Å². The van der Waals surface area contributed by atoms with Crippen LogP contribution in [-0.2, 0) is 11.3 Å². The van der Waals surface area contributed by atoms with E-state index in [0.717, 1.165) is 12.1 Å². The van der Waals surface area contributed by atoms with Crippen molar-refractivity contribution in [2.75, 3.05) is 13.7 Å². The molecule has 0 saturated carbocycles. The first kappa shape index (κ1) is 13.7. The van der Waals surface area contributed by atoms with E-state index in [2.05, 4.69) is 13.8 Å². The van der Waals surface area contributed by atoms with Crippen LogP contribution in [0.3, 0.4) is 0 Å². The Balaban J connectivity index is 2.37. The number of ether oxygens (including phenoxy) is 2. The number of benzene rings is 1. The molecular formula is C15H21NO3. The molecule has 0 saturated heterocycles. The fourth-order valence-corrected chi connectivity index (χ4v) is 2.34. The second kappa shape index (κ2) is 5.51. The Morgan fingerprint density at radius 1 is 1.47 bits per heavy atom. The van der Waals surface area contributed by atoms with E-state index < -0.39 is 6.10 Å². The lowest BCUT2D eigenvalue weighted by Gasteiger charge is -2.23. The lowest BCUT2D eigenvalue weighted by atomic mass is 10.1. The first-order valence-electron chi connectivity index (χ1n) is 6.64. The minimum atomic E-state index is -0.476. The monoisotopic (exact) mass is 263 g/mol. The van der Waals surface area contributed by atoms with Gasteiger partial charge in [-0.1, -0.05) is 26.0 Å². The van der Waals surface area contributed by atoms with Crippen LogP contribution in [0.4, 0.5) is 0 Å². The third-order valence-electron chi connectivity index (χ3n) is 3.18. The van der Waals surface area contributed by atoms with Crippen LogP contribution in [0.1, 0.15) is 26.3 Å². The number of carbonyl (C=O) groups excluding carboxylic acids is 1. The van der Waals surface area contributed by atoms with E-state index in [1.54, 1.807) is 14.0 Å². The van der Waals surface area contributed by atoms with Crippen molar-refractivity contribution >= 4 is 5.91 Å². The Hall–Kier alpha value is -1.71. The molecular weight excluding hydrogens is 242 g/mol. The molecule has 0 spiro atoms. The minimum absolute atomic E-state index is 0.0342. The molecule has 2 rings (SSSR count). The summed E-state index contributed by atoms with van der Waals surface area (Å²) in [5.41, 5.74) is 0.998. The number of hydrogen-bond acceptors (Lipinski definition) is 3. The van der Waals surface area contributed by atoms with Gasteiger partial charge in [0, 0.05) is 18.7 Å². The first-order chi connectivity index (χ1) is 9.02. The van der Waals surface area contributed by atoms with Gasteiger partial charge in [-0.2, -0.15) is 0 Å². The van der Waals surface area contributed by atoms with Crippen molar-refractivity contribution in [3.8, 4) is 11.5 Å². The molecule has 0 radical (unpaired) electrons. The highest BCUT2D eigenvalue weighted by atomic mass is 16.5. The van der Waals surface area contributed by atoms with Gasteiger partial charge in [0.15, 0.2) is 17.6 Å². The van der Waals surface area contributed by atoms with Crippen molar-refractivity contribution in [1.82, 2.24) is 4.90 Å². The standard InChI is InChI=1S/C15H21NO3/c1-10(2)8-16-9-12-6-5-7-13(18-4)14(12)19-11(3)15(16)17/h5-7,10-11H,8-9H2,1-4H3/t11-/m1/s1. The molecule has 104 valence electrons. The van der Waals surface area contributed by atoms with Gasteiger partial charge >= 0.3 is 0 Å². The van der Waals surface area contributed by atoms with Gasteiger partial charge in [0.1, 0.15) is 0 Å². The molecule has 1 amide bonds. The lowest BCUT2D eigenvalue weighted by molar-refractivity contribution is -0.138. The van der Waals surface area contributed by atoms with Gasteiger partial charge in [-0.25, -0.2) is 0 Å². The summed E-state index contributed by atoms with van der Waals surface area (Å²) in [6.07, 6.45) is -0.476. The highest BCUT2D eigenvalue weighted by Crippen LogP contribution is 2.35. The topological polar surface area (TPSA) is 38.8 Å². The van der Waals surface area contributed by atoms with Crippen LogP contribution < -0.4 is 9.47 Å². The maximum absolute atomic E-state index is 12.3. The van der Waals surface area contributed by atoms with Crippen LogP contribution in [0.2, 0.25) is 0 Å². The summed E-state index contributed by atoms with van der Waals surface area (Å²) in [4.78, 5) is 14.2. The number of nitrogens with zero attached hydrogens (tertiary/aromatic N) is 1. The molecule has 4 nitrogen and oxygen atoms in total. The highest BCUT2D eigenvalue weighted by Gasteiger charge is 2.29. The van der Waals surface area contributed by atoms with Crippen LogP contribution in [0, 0.1) is 5.92 Å². The molecule has 0 bridgehead atoms. The molecule has 0 N–H and O–H groups in total. The predicted octanol–water partition coefficient (Wildman–Crippen LogP) is 2.46. The molecule has 19 heavy (non-hydrogen) atoms. The number of rotatable bonds is 3. The largest absolute Gasteiger partial charge is 0.493 e. The van der Waals surface area contributed by atoms with E-state index in [1.165, 1.54) is 0 Å². The van der Waals surface area contributed by atoms with E-state index >= 15 is 0 Å². The maximum atomic E-state index is 12.3. The zero-order valence-electron chi connectivity index (χ0n) is 12.0. The van der Waals surface area contributed by atoms with E-state index in [9.17, 15) is 4.79 Å². The van der Waals surface area contributed by atoms with Gasteiger partial charge in [0.25, 0.3) is 5.91 Å². The van der Waals surface area contributed by atoms with Crippen molar-refractivity contribution in [1.29, 1.82) is 0 Å². The Morgan fingerprint density at radius 2 is 2.21 bits per heavy atom. The smallest absolute Gasteiger partial charge is 0.263 e. The Kier molecular flexibility index (Phi) is 3.98. The summed E-state index contributed by atoms with van der Waals surface area (Å²) in [5.74, 6) is 1.84.